The standard InChI is InChI=1S/C18H23N5O3S/c1-20-15-14(19)16(23-7-9-26-10-8-23)22-18(21-15)27-11-12-3-5-13(6-4-12)17(24)25-2/h3-6H,7-11,19H2,1-2H3,(H,20,21,22). The number of aromatic nitrogens is 2. The van der Waals surface area contributed by atoms with Gasteiger partial charge < -0.3 is 25.4 Å². The van der Waals surface area contributed by atoms with E-state index >= 15 is 0 Å². The SMILES string of the molecule is CNc1nc(SCc2ccc(C(=O)OC)cc2)nc(N2CCOCC2)c1N. The molecule has 0 bridgehead atoms. The summed E-state index contributed by atoms with van der Waals surface area (Å²) in [6.45, 7) is 2.83. The highest BCUT2D eigenvalue weighted by Gasteiger charge is 2.19. The van der Waals surface area contributed by atoms with E-state index in [1.165, 1.54) is 18.9 Å². The molecule has 0 atom stereocenters. The minimum Gasteiger partial charge on any atom is -0.465 e. The van der Waals surface area contributed by atoms with Gasteiger partial charge in [-0.15, -0.1) is 0 Å². The summed E-state index contributed by atoms with van der Waals surface area (Å²) < 4.78 is 10.1. The normalized spacial score (nSPS) is 14.1. The number of thioether (sulfide) groups is 1. The van der Waals surface area contributed by atoms with Crippen LogP contribution < -0.4 is 16.0 Å². The van der Waals surface area contributed by atoms with Crippen LogP contribution in [0.2, 0.25) is 0 Å². The molecule has 1 saturated heterocycles. The van der Waals surface area contributed by atoms with Crippen molar-refractivity contribution in [2.75, 3.05) is 56.4 Å². The van der Waals surface area contributed by atoms with Crippen molar-refractivity contribution >= 4 is 35.1 Å². The maximum Gasteiger partial charge on any atom is 0.337 e. The van der Waals surface area contributed by atoms with Gasteiger partial charge in [0.05, 0.1) is 25.9 Å². The molecule has 144 valence electrons. The predicted octanol–water partition coefficient (Wildman–Crippen LogP) is 2.02. The zero-order valence-electron chi connectivity index (χ0n) is 15.4. The monoisotopic (exact) mass is 389 g/mol. The number of methoxy groups -OCH3 is 1. The maximum atomic E-state index is 11.5. The summed E-state index contributed by atoms with van der Waals surface area (Å²) in [5.41, 5.74) is 8.38. The molecule has 2 aromatic rings. The first-order valence-electron chi connectivity index (χ1n) is 8.60. The summed E-state index contributed by atoms with van der Waals surface area (Å²) >= 11 is 1.52. The Labute approximate surface area is 162 Å². The molecule has 0 aliphatic carbocycles. The quantitative estimate of drug-likeness (QED) is 0.436. The average Bonchev–Trinajstić information content (AvgIpc) is 2.73. The van der Waals surface area contributed by atoms with E-state index in [9.17, 15) is 4.79 Å². The smallest absolute Gasteiger partial charge is 0.337 e. The fourth-order valence-electron chi connectivity index (χ4n) is 2.71. The van der Waals surface area contributed by atoms with Crippen LogP contribution in [-0.2, 0) is 15.2 Å². The number of carbonyl (C=O) groups is 1. The van der Waals surface area contributed by atoms with Gasteiger partial charge in [-0.05, 0) is 17.7 Å². The highest BCUT2D eigenvalue weighted by atomic mass is 32.2. The number of ether oxygens (including phenoxy) is 2. The van der Waals surface area contributed by atoms with Crippen molar-refractivity contribution < 1.29 is 14.3 Å². The number of nitrogens with one attached hydrogen (secondary N) is 1. The Bertz CT molecular complexity index is 794. The number of anilines is 3. The Kier molecular flexibility index (Phi) is 6.36. The van der Waals surface area contributed by atoms with E-state index in [1.807, 2.05) is 12.1 Å². The van der Waals surface area contributed by atoms with Crippen LogP contribution in [0.5, 0.6) is 0 Å². The lowest BCUT2D eigenvalue weighted by Crippen LogP contribution is -2.37. The Morgan fingerprint density at radius 2 is 2.00 bits per heavy atom. The van der Waals surface area contributed by atoms with Gasteiger partial charge in [0, 0.05) is 25.9 Å². The van der Waals surface area contributed by atoms with E-state index in [-0.39, 0.29) is 5.97 Å². The predicted molar refractivity (Wildman–Crippen MR) is 106 cm³/mol. The number of esters is 1. The highest BCUT2D eigenvalue weighted by Crippen LogP contribution is 2.31. The van der Waals surface area contributed by atoms with E-state index in [4.69, 9.17) is 15.2 Å². The van der Waals surface area contributed by atoms with E-state index in [0.717, 1.165) is 24.5 Å². The van der Waals surface area contributed by atoms with Crippen LogP contribution in [0, 0.1) is 0 Å². The second kappa shape index (κ2) is 8.92. The molecule has 3 rings (SSSR count). The lowest BCUT2D eigenvalue weighted by molar-refractivity contribution is 0.0600. The molecule has 1 aromatic heterocycles. The van der Waals surface area contributed by atoms with Gasteiger partial charge in [0.15, 0.2) is 16.8 Å². The molecule has 9 heteroatoms. The molecule has 3 N–H and O–H groups in total. The van der Waals surface area contributed by atoms with Gasteiger partial charge in [0.25, 0.3) is 0 Å². The molecule has 0 amide bonds. The van der Waals surface area contributed by atoms with E-state index in [1.54, 1.807) is 19.2 Å². The number of hydrogen-bond acceptors (Lipinski definition) is 9. The molecule has 8 nitrogen and oxygen atoms in total. The Morgan fingerprint density at radius 3 is 2.63 bits per heavy atom. The number of nitrogens with zero attached hydrogens (tertiary/aromatic N) is 3. The lowest BCUT2D eigenvalue weighted by atomic mass is 10.1. The molecule has 0 spiro atoms. The zero-order chi connectivity index (χ0) is 19.2. The van der Waals surface area contributed by atoms with Gasteiger partial charge in [0.1, 0.15) is 5.69 Å². The van der Waals surface area contributed by atoms with Crippen LogP contribution in [0.25, 0.3) is 0 Å². The first-order valence-corrected chi connectivity index (χ1v) is 9.59. The van der Waals surface area contributed by atoms with Crippen LogP contribution >= 0.6 is 11.8 Å². The summed E-state index contributed by atoms with van der Waals surface area (Å²) in [4.78, 5) is 22.8. The minimum absolute atomic E-state index is 0.343. The van der Waals surface area contributed by atoms with Gasteiger partial charge in [0.2, 0.25) is 0 Å². The Hall–Kier alpha value is -2.52. The Balaban J connectivity index is 1.75. The zero-order valence-corrected chi connectivity index (χ0v) is 16.2. The van der Waals surface area contributed by atoms with Crippen molar-refractivity contribution in [3.05, 3.63) is 35.4 Å². The average molecular weight is 389 g/mol. The first-order chi connectivity index (χ1) is 13.1. The summed E-state index contributed by atoms with van der Waals surface area (Å²) in [5, 5.41) is 3.69. The second-order valence-corrected chi connectivity index (χ2v) is 6.86. The van der Waals surface area contributed by atoms with Gasteiger partial charge in [-0.2, -0.15) is 0 Å². The van der Waals surface area contributed by atoms with Crippen LogP contribution in [0.15, 0.2) is 29.4 Å². The van der Waals surface area contributed by atoms with E-state index in [2.05, 4.69) is 20.2 Å². The maximum absolute atomic E-state index is 11.5. The topological polar surface area (TPSA) is 103 Å². The van der Waals surface area contributed by atoms with Crippen LogP contribution in [-0.4, -0.2) is 56.4 Å². The third-order valence-electron chi connectivity index (χ3n) is 4.20. The lowest BCUT2D eigenvalue weighted by Gasteiger charge is -2.29. The van der Waals surface area contributed by atoms with Crippen molar-refractivity contribution in [3.63, 3.8) is 0 Å². The Morgan fingerprint density at radius 1 is 1.30 bits per heavy atom. The van der Waals surface area contributed by atoms with Crippen LogP contribution in [0.3, 0.4) is 0 Å². The number of morpholine rings is 1. The molecule has 0 unspecified atom stereocenters. The molecule has 0 saturated carbocycles. The third-order valence-corrected chi connectivity index (χ3v) is 5.11. The minimum atomic E-state index is -0.343. The van der Waals surface area contributed by atoms with Crippen molar-refractivity contribution in [2.24, 2.45) is 0 Å². The molecule has 1 aliphatic heterocycles. The summed E-state index contributed by atoms with van der Waals surface area (Å²) in [5.74, 6) is 1.69. The summed E-state index contributed by atoms with van der Waals surface area (Å²) in [7, 11) is 3.16. The largest absolute Gasteiger partial charge is 0.465 e. The van der Waals surface area contributed by atoms with E-state index in [0.29, 0.717) is 41.2 Å². The first kappa shape index (κ1) is 19.2. The molecule has 1 aliphatic rings. The molecule has 2 heterocycles. The number of hydrogen-bond donors (Lipinski definition) is 2. The number of benzene rings is 1. The summed E-state index contributed by atoms with van der Waals surface area (Å²) in [6.07, 6.45) is 0. The highest BCUT2D eigenvalue weighted by molar-refractivity contribution is 7.98. The number of nitrogen functional groups attached to an aromatic ring is 1. The van der Waals surface area contributed by atoms with Gasteiger partial charge in [-0.25, -0.2) is 14.8 Å². The van der Waals surface area contributed by atoms with Gasteiger partial charge >= 0.3 is 5.97 Å². The molecule has 27 heavy (non-hydrogen) atoms. The summed E-state index contributed by atoms with van der Waals surface area (Å²) in [6, 6.07) is 7.31. The molecule has 1 fully saturated rings. The van der Waals surface area contributed by atoms with Gasteiger partial charge in [-0.1, -0.05) is 23.9 Å². The third kappa shape index (κ3) is 4.61. The number of rotatable bonds is 6. The van der Waals surface area contributed by atoms with Crippen molar-refractivity contribution in [1.29, 1.82) is 0 Å². The van der Waals surface area contributed by atoms with Crippen molar-refractivity contribution in [3.8, 4) is 0 Å². The number of nitrogens with two attached hydrogens (primary N) is 1. The number of carbonyl (C=O) groups excluding carboxylic acids is 1. The second-order valence-electron chi connectivity index (χ2n) is 5.92. The van der Waals surface area contributed by atoms with E-state index < -0.39 is 0 Å². The molecular weight excluding hydrogens is 366 g/mol. The fourth-order valence-corrected chi connectivity index (χ4v) is 3.51. The van der Waals surface area contributed by atoms with Gasteiger partial charge in [-0.3, -0.25) is 0 Å². The van der Waals surface area contributed by atoms with Crippen LogP contribution in [0.4, 0.5) is 17.3 Å². The molecule has 1 aromatic carbocycles. The van der Waals surface area contributed by atoms with Crippen LogP contribution in [0.1, 0.15) is 15.9 Å². The fraction of sp³-hybridized carbons (Fsp3) is 0.389. The molecule has 0 radical (unpaired) electrons. The van der Waals surface area contributed by atoms with Crippen molar-refractivity contribution in [1.82, 2.24) is 9.97 Å². The molecular formula is C18H23N5O3S. The van der Waals surface area contributed by atoms with Crippen molar-refractivity contribution in [2.45, 2.75) is 10.9 Å².